The Morgan fingerprint density at radius 3 is 2.39 bits per heavy atom. The molecule has 0 aromatic carbocycles. The van der Waals surface area contributed by atoms with Crippen LogP contribution in [0.2, 0.25) is 0 Å². The molecule has 2 amide bonds. The zero-order chi connectivity index (χ0) is 13.7. The van der Waals surface area contributed by atoms with Gasteiger partial charge in [0.15, 0.2) is 0 Å². The Hall–Kier alpha value is -1.06. The lowest BCUT2D eigenvalue weighted by atomic mass is 10.0. The first-order chi connectivity index (χ1) is 8.49. The van der Waals surface area contributed by atoms with Gasteiger partial charge in [0.25, 0.3) is 0 Å². The number of carbonyl (C=O) groups is 2. The van der Waals surface area contributed by atoms with Crippen molar-refractivity contribution in [2.24, 2.45) is 11.8 Å². The number of hydrogen-bond donors (Lipinski definition) is 1. The van der Waals surface area contributed by atoms with Crippen LogP contribution in [0.25, 0.3) is 0 Å². The summed E-state index contributed by atoms with van der Waals surface area (Å²) < 4.78 is 0. The molecule has 0 aromatic heterocycles. The normalized spacial score (nSPS) is 21.4. The second kappa shape index (κ2) is 6.76. The summed E-state index contributed by atoms with van der Waals surface area (Å²) in [7, 11) is 0. The predicted octanol–water partition coefficient (Wildman–Crippen LogP) is 1.80. The van der Waals surface area contributed by atoms with Crippen molar-refractivity contribution in [1.29, 1.82) is 0 Å². The van der Waals surface area contributed by atoms with Gasteiger partial charge in [0.2, 0.25) is 11.8 Å². The van der Waals surface area contributed by atoms with E-state index >= 15 is 0 Å². The van der Waals surface area contributed by atoms with Gasteiger partial charge in [-0.25, -0.2) is 0 Å². The highest BCUT2D eigenvalue weighted by molar-refractivity contribution is 5.90. The monoisotopic (exact) mass is 254 g/mol. The fourth-order valence-corrected chi connectivity index (χ4v) is 2.34. The van der Waals surface area contributed by atoms with Gasteiger partial charge in [-0.15, -0.1) is 0 Å². The molecule has 4 nitrogen and oxygen atoms in total. The lowest BCUT2D eigenvalue weighted by Gasteiger charge is -2.28. The largest absolute Gasteiger partial charge is 0.344 e. The van der Waals surface area contributed by atoms with Crippen LogP contribution in [0.4, 0.5) is 0 Å². The summed E-state index contributed by atoms with van der Waals surface area (Å²) in [6.07, 6.45) is 2.58. The Morgan fingerprint density at radius 1 is 1.28 bits per heavy atom. The lowest BCUT2D eigenvalue weighted by Crippen LogP contribution is -2.48. The maximum absolute atomic E-state index is 12.4. The van der Waals surface area contributed by atoms with Crippen LogP contribution in [0, 0.1) is 11.8 Å². The van der Waals surface area contributed by atoms with Crippen LogP contribution in [0.5, 0.6) is 0 Å². The van der Waals surface area contributed by atoms with Crippen LogP contribution in [-0.4, -0.2) is 35.8 Å². The summed E-state index contributed by atoms with van der Waals surface area (Å²) in [6.45, 7) is 9.60. The average molecular weight is 254 g/mol. The highest BCUT2D eigenvalue weighted by atomic mass is 16.2. The first-order valence-electron chi connectivity index (χ1n) is 7.07. The number of carbonyl (C=O) groups excluding carboxylic acids is 2. The average Bonchev–Trinajstić information content (AvgIpc) is 2.48. The van der Waals surface area contributed by atoms with Crippen molar-refractivity contribution in [3.63, 3.8) is 0 Å². The smallest absolute Gasteiger partial charge is 0.245 e. The molecule has 1 saturated heterocycles. The van der Waals surface area contributed by atoms with Gasteiger partial charge in [-0.2, -0.15) is 0 Å². The van der Waals surface area contributed by atoms with Crippen molar-refractivity contribution in [1.82, 2.24) is 10.2 Å². The van der Waals surface area contributed by atoms with E-state index in [4.69, 9.17) is 0 Å². The lowest BCUT2D eigenvalue weighted by molar-refractivity contribution is -0.135. The van der Waals surface area contributed by atoms with Crippen molar-refractivity contribution in [2.45, 2.75) is 53.0 Å². The van der Waals surface area contributed by atoms with E-state index in [9.17, 15) is 9.59 Å². The van der Waals surface area contributed by atoms with Gasteiger partial charge in [-0.1, -0.05) is 40.5 Å². The van der Waals surface area contributed by atoms with Gasteiger partial charge in [-0.05, 0) is 11.8 Å². The molecular formula is C14H26N2O2. The highest BCUT2D eigenvalue weighted by Gasteiger charge is 2.32. The fourth-order valence-electron chi connectivity index (χ4n) is 2.34. The van der Waals surface area contributed by atoms with Crippen LogP contribution in [0.1, 0.15) is 47.0 Å². The first kappa shape index (κ1) is 15.0. The van der Waals surface area contributed by atoms with E-state index in [1.165, 1.54) is 0 Å². The van der Waals surface area contributed by atoms with Crippen LogP contribution in [-0.2, 0) is 9.59 Å². The Balaban J connectivity index is 2.77. The Morgan fingerprint density at radius 2 is 1.89 bits per heavy atom. The summed E-state index contributed by atoms with van der Waals surface area (Å²) in [5, 5.41) is 2.84. The molecule has 1 unspecified atom stereocenters. The van der Waals surface area contributed by atoms with Crippen molar-refractivity contribution >= 4 is 11.8 Å². The summed E-state index contributed by atoms with van der Waals surface area (Å²) in [6, 6.07) is -0.352. The van der Waals surface area contributed by atoms with E-state index in [-0.39, 0.29) is 23.8 Å². The summed E-state index contributed by atoms with van der Waals surface area (Å²) in [5.41, 5.74) is 0. The third kappa shape index (κ3) is 3.72. The van der Waals surface area contributed by atoms with E-state index in [1.54, 1.807) is 0 Å². The molecule has 1 atom stereocenters. The van der Waals surface area contributed by atoms with Crippen molar-refractivity contribution in [2.75, 3.05) is 13.1 Å². The van der Waals surface area contributed by atoms with Crippen LogP contribution in [0.3, 0.4) is 0 Å². The third-order valence-corrected chi connectivity index (χ3v) is 3.80. The van der Waals surface area contributed by atoms with Crippen molar-refractivity contribution < 1.29 is 9.59 Å². The molecule has 0 saturated carbocycles. The molecule has 4 heteroatoms. The molecule has 0 aromatic rings. The zero-order valence-electron chi connectivity index (χ0n) is 12.0. The topological polar surface area (TPSA) is 49.4 Å². The molecule has 0 aliphatic carbocycles. The van der Waals surface area contributed by atoms with Crippen LogP contribution >= 0.6 is 0 Å². The molecule has 1 rings (SSSR count). The van der Waals surface area contributed by atoms with Crippen molar-refractivity contribution in [3.05, 3.63) is 0 Å². The molecule has 0 radical (unpaired) electrons. The van der Waals surface area contributed by atoms with Gasteiger partial charge in [0, 0.05) is 19.5 Å². The van der Waals surface area contributed by atoms with Gasteiger partial charge < -0.3 is 10.2 Å². The second-order valence-electron chi connectivity index (χ2n) is 5.51. The van der Waals surface area contributed by atoms with E-state index in [1.807, 2.05) is 18.7 Å². The molecule has 1 aliphatic heterocycles. The minimum absolute atomic E-state index is 0.00547. The quantitative estimate of drug-likeness (QED) is 0.813. The second-order valence-corrected chi connectivity index (χ2v) is 5.51. The molecule has 104 valence electrons. The predicted molar refractivity (Wildman–Crippen MR) is 72.0 cm³/mol. The number of hydrogen-bond acceptors (Lipinski definition) is 2. The maximum atomic E-state index is 12.4. The zero-order valence-corrected chi connectivity index (χ0v) is 12.0. The Labute approximate surface area is 110 Å². The van der Waals surface area contributed by atoms with E-state index in [0.717, 1.165) is 19.4 Å². The standard InChI is InChI=1S/C14H26N2O2/c1-5-11(6-2)9-16-8-7-12(17)15-13(10(3)4)14(16)18/h10-11,13H,5-9H2,1-4H3,(H,15,17). The third-order valence-electron chi connectivity index (χ3n) is 3.80. The maximum Gasteiger partial charge on any atom is 0.245 e. The van der Waals surface area contributed by atoms with E-state index in [2.05, 4.69) is 19.2 Å². The summed E-state index contributed by atoms with van der Waals surface area (Å²) in [5.74, 6) is 0.760. The molecular weight excluding hydrogens is 228 g/mol. The van der Waals surface area contributed by atoms with Gasteiger partial charge in [0.1, 0.15) is 6.04 Å². The number of amides is 2. The van der Waals surface area contributed by atoms with Crippen LogP contribution in [0.15, 0.2) is 0 Å². The van der Waals surface area contributed by atoms with Gasteiger partial charge >= 0.3 is 0 Å². The fraction of sp³-hybridized carbons (Fsp3) is 0.857. The van der Waals surface area contributed by atoms with Gasteiger partial charge in [-0.3, -0.25) is 9.59 Å². The number of nitrogens with one attached hydrogen (secondary N) is 1. The van der Waals surface area contributed by atoms with Gasteiger partial charge in [0.05, 0.1) is 0 Å². The molecule has 1 N–H and O–H groups in total. The van der Waals surface area contributed by atoms with Crippen LogP contribution < -0.4 is 5.32 Å². The Kier molecular flexibility index (Phi) is 5.63. The number of nitrogens with zero attached hydrogens (tertiary/aromatic N) is 1. The minimum Gasteiger partial charge on any atom is -0.344 e. The molecule has 1 heterocycles. The summed E-state index contributed by atoms with van der Waals surface area (Å²) in [4.78, 5) is 25.9. The molecule has 0 spiro atoms. The number of rotatable bonds is 5. The van der Waals surface area contributed by atoms with Crippen molar-refractivity contribution in [3.8, 4) is 0 Å². The van der Waals surface area contributed by atoms with E-state index in [0.29, 0.717) is 18.9 Å². The minimum atomic E-state index is -0.352. The SMILES string of the molecule is CCC(CC)CN1CCC(=O)NC(C(C)C)C1=O. The first-order valence-corrected chi connectivity index (χ1v) is 7.07. The Bertz CT molecular complexity index is 298. The van der Waals surface area contributed by atoms with E-state index < -0.39 is 0 Å². The highest BCUT2D eigenvalue weighted by Crippen LogP contribution is 2.15. The molecule has 0 bridgehead atoms. The summed E-state index contributed by atoms with van der Waals surface area (Å²) >= 11 is 0. The molecule has 1 fully saturated rings. The molecule has 18 heavy (non-hydrogen) atoms. The molecule has 1 aliphatic rings.